The summed E-state index contributed by atoms with van der Waals surface area (Å²) in [6.45, 7) is 1.31. The summed E-state index contributed by atoms with van der Waals surface area (Å²) in [4.78, 5) is 15.1. The van der Waals surface area contributed by atoms with Gasteiger partial charge in [-0.3, -0.25) is 15.0 Å². The van der Waals surface area contributed by atoms with Crippen molar-refractivity contribution in [2.45, 2.75) is 89.2 Å². The van der Waals surface area contributed by atoms with E-state index >= 15 is 0 Å². The van der Waals surface area contributed by atoms with Crippen LogP contribution in [0.1, 0.15) is 85.7 Å². The first-order valence-electron chi connectivity index (χ1n) is 14.0. The first-order valence-corrected chi connectivity index (χ1v) is 14.0. The van der Waals surface area contributed by atoms with Crippen molar-refractivity contribution in [3.63, 3.8) is 0 Å². The molecule has 11 heteroatoms. The number of nitrogens with one attached hydrogen (secondary N) is 2. The molecule has 0 unspecified atom stereocenters. The standard InChI is InChI=1S/C29H35F3N6O2/c30-29(31,32)40-25-15-11-22(12-16-25)20-38(28(17-5-2-6-18-28)24-7-3-1-4-8-24)19-21-9-13-23(14-10-21)26(39)33-27-34-36-37-35-27/h9-16,24H,1-8,17-20H2,(H2,33,34,35,36,37,39). The predicted molar refractivity (Wildman–Crippen MR) is 143 cm³/mol. The number of anilines is 1. The average molecular weight is 557 g/mol. The molecule has 2 aliphatic carbocycles. The lowest BCUT2D eigenvalue weighted by molar-refractivity contribution is -0.274. The van der Waals surface area contributed by atoms with Gasteiger partial charge in [-0.25, -0.2) is 0 Å². The Labute approximate surface area is 231 Å². The summed E-state index contributed by atoms with van der Waals surface area (Å²) in [5, 5.41) is 15.9. The summed E-state index contributed by atoms with van der Waals surface area (Å²) in [7, 11) is 0. The number of benzene rings is 2. The molecule has 1 amide bonds. The zero-order valence-corrected chi connectivity index (χ0v) is 22.4. The van der Waals surface area contributed by atoms with E-state index in [0.29, 0.717) is 24.6 Å². The van der Waals surface area contributed by atoms with Gasteiger partial charge in [-0.15, -0.1) is 18.3 Å². The maximum Gasteiger partial charge on any atom is 0.573 e. The van der Waals surface area contributed by atoms with Crippen molar-refractivity contribution < 1.29 is 22.7 Å². The number of halogens is 3. The molecule has 0 bridgehead atoms. The number of hydrogen-bond acceptors (Lipinski definition) is 6. The Bertz CT molecular complexity index is 1220. The van der Waals surface area contributed by atoms with Gasteiger partial charge in [0, 0.05) is 24.2 Å². The van der Waals surface area contributed by atoms with Crippen molar-refractivity contribution in [2.75, 3.05) is 5.32 Å². The highest BCUT2D eigenvalue weighted by Gasteiger charge is 2.44. The number of hydrogen-bond donors (Lipinski definition) is 2. The molecule has 0 spiro atoms. The van der Waals surface area contributed by atoms with Crippen molar-refractivity contribution >= 4 is 11.9 Å². The van der Waals surface area contributed by atoms with Crippen molar-refractivity contribution in [3.05, 3.63) is 65.2 Å². The fourth-order valence-electron chi connectivity index (χ4n) is 6.54. The Morgan fingerprint density at radius 1 is 0.925 bits per heavy atom. The second kappa shape index (κ2) is 12.4. The van der Waals surface area contributed by atoms with Crippen molar-refractivity contribution in [1.29, 1.82) is 0 Å². The summed E-state index contributed by atoms with van der Waals surface area (Å²) >= 11 is 0. The molecule has 40 heavy (non-hydrogen) atoms. The zero-order chi connectivity index (χ0) is 28.0. The van der Waals surface area contributed by atoms with Gasteiger partial charge < -0.3 is 4.74 Å². The SMILES string of the molecule is O=C(Nc1nn[nH]n1)c1ccc(CN(Cc2ccc(OC(F)(F)F)cc2)C2(C3CCCCC3)CCCCC2)cc1. The number of aromatic nitrogens is 4. The Morgan fingerprint density at radius 2 is 1.52 bits per heavy atom. The highest BCUT2D eigenvalue weighted by Crippen LogP contribution is 2.47. The summed E-state index contributed by atoms with van der Waals surface area (Å²) in [6.07, 6.45) is 7.32. The molecule has 1 aromatic heterocycles. The molecule has 1 heterocycles. The van der Waals surface area contributed by atoms with Crippen LogP contribution in [0.5, 0.6) is 5.75 Å². The summed E-state index contributed by atoms with van der Waals surface area (Å²) < 4.78 is 42.2. The van der Waals surface area contributed by atoms with Crippen molar-refractivity contribution in [3.8, 4) is 5.75 Å². The van der Waals surface area contributed by atoms with Crippen LogP contribution in [0.2, 0.25) is 0 Å². The number of aromatic amines is 1. The van der Waals surface area contributed by atoms with E-state index in [1.54, 1.807) is 24.3 Å². The maximum absolute atomic E-state index is 12.7. The summed E-state index contributed by atoms with van der Waals surface area (Å²) in [5.41, 5.74) is 2.55. The molecule has 0 saturated heterocycles. The molecule has 214 valence electrons. The number of H-pyrrole nitrogens is 1. The van der Waals surface area contributed by atoms with E-state index in [1.165, 1.54) is 63.5 Å². The minimum Gasteiger partial charge on any atom is -0.406 e. The van der Waals surface area contributed by atoms with Crippen LogP contribution in [0.15, 0.2) is 48.5 Å². The van der Waals surface area contributed by atoms with Gasteiger partial charge in [0.1, 0.15) is 5.75 Å². The molecule has 2 aliphatic rings. The second-order valence-electron chi connectivity index (χ2n) is 10.9. The molecule has 0 atom stereocenters. The zero-order valence-electron chi connectivity index (χ0n) is 22.4. The largest absolute Gasteiger partial charge is 0.573 e. The van der Waals surface area contributed by atoms with Crippen LogP contribution >= 0.6 is 0 Å². The van der Waals surface area contributed by atoms with Crippen LogP contribution in [0.25, 0.3) is 0 Å². The van der Waals surface area contributed by atoms with E-state index in [1.807, 2.05) is 12.1 Å². The van der Waals surface area contributed by atoms with Gasteiger partial charge in [-0.05, 0) is 72.2 Å². The smallest absolute Gasteiger partial charge is 0.406 e. The van der Waals surface area contributed by atoms with Gasteiger partial charge in [0.15, 0.2) is 0 Å². The van der Waals surface area contributed by atoms with Crippen LogP contribution < -0.4 is 10.1 Å². The van der Waals surface area contributed by atoms with Crippen LogP contribution in [0.3, 0.4) is 0 Å². The number of carbonyl (C=O) groups excluding carboxylic acids is 1. The van der Waals surface area contributed by atoms with Crippen LogP contribution in [0, 0.1) is 5.92 Å². The maximum atomic E-state index is 12.7. The van der Waals surface area contributed by atoms with Crippen LogP contribution in [-0.4, -0.2) is 43.3 Å². The molecule has 2 N–H and O–H groups in total. The molecule has 3 aromatic rings. The van der Waals surface area contributed by atoms with Gasteiger partial charge in [-0.1, -0.05) is 67.9 Å². The highest BCUT2D eigenvalue weighted by atomic mass is 19.4. The fraction of sp³-hybridized carbons (Fsp3) is 0.517. The number of nitrogens with zero attached hydrogens (tertiary/aromatic N) is 4. The molecule has 8 nitrogen and oxygen atoms in total. The third-order valence-electron chi connectivity index (χ3n) is 8.40. The predicted octanol–water partition coefficient (Wildman–Crippen LogP) is 6.64. The van der Waals surface area contributed by atoms with Crippen molar-refractivity contribution in [2.24, 2.45) is 5.92 Å². The molecule has 2 fully saturated rings. The molecular formula is C29H35F3N6O2. The Hall–Kier alpha value is -3.47. The topological polar surface area (TPSA) is 96.0 Å². The third kappa shape index (κ3) is 6.99. The lowest BCUT2D eigenvalue weighted by Crippen LogP contribution is -2.54. The van der Waals surface area contributed by atoms with Gasteiger partial charge in [0.05, 0.1) is 0 Å². The van der Waals surface area contributed by atoms with E-state index in [4.69, 9.17) is 0 Å². The van der Waals surface area contributed by atoms with Gasteiger partial charge >= 0.3 is 6.36 Å². The molecule has 2 aromatic carbocycles. The second-order valence-corrected chi connectivity index (χ2v) is 10.9. The Balaban J connectivity index is 1.39. The van der Waals surface area contributed by atoms with Gasteiger partial charge in [0.2, 0.25) is 0 Å². The fourth-order valence-corrected chi connectivity index (χ4v) is 6.54. The molecule has 5 rings (SSSR count). The molecule has 2 saturated carbocycles. The normalized spacial score (nSPS) is 18.0. The first kappa shape index (κ1) is 28.1. The van der Waals surface area contributed by atoms with E-state index in [2.05, 4.69) is 35.6 Å². The minimum atomic E-state index is -4.71. The third-order valence-corrected chi connectivity index (χ3v) is 8.40. The Morgan fingerprint density at radius 3 is 2.10 bits per heavy atom. The average Bonchev–Trinajstić information content (AvgIpc) is 3.47. The lowest BCUT2D eigenvalue weighted by Gasteiger charge is -2.53. The summed E-state index contributed by atoms with van der Waals surface area (Å²) in [5.74, 6) is 0.169. The number of alkyl halides is 3. The van der Waals surface area contributed by atoms with Crippen LogP contribution in [-0.2, 0) is 13.1 Å². The quantitative estimate of drug-likeness (QED) is 0.307. The van der Waals surface area contributed by atoms with Gasteiger partial charge in [-0.2, -0.15) is 5.21 Å². The van der Waals surface area contributed by atoms with E-state index in [9.17, 15) is 18.0 Å². The monoisotopic (exact) mass is 556 g/mol. The molecule has 0 radical (unpaired) electrons. The first-order chi connectivity index (χ1) is 19.3. The Kier molecular flexibility index (Phi) is 8.68. The lowest BCUT2D eigenvalue weighted by atomic mass is 9.66. The minimum absolute atomic E-state index is 0.0362. The number of tetrazole rings is 1. The van der Waals surface area contributed by atoms with Gasteiger partial charge in [0.25, 0.3) is 11.9 Å². The number of amides is 1. The summed E-state index contributed by atoms with van der Waals surface area (Å²) in [6, 6.07) is 13.8. The van der Waals surface area contributed by atoms with E-state index in [-0.39, 0.29) is 23.1 Å². The number of carbonyl (C=O) groups is 1. The highest BCUT2D eigenvalue weighted by molar-refractivity contribution is 6.03. The number of ether oxygens (including phenoxy) is 1. The number of rotatable bonds is 9. The van der Waals surface area contributed by atoms with E-state index in [0.717, 1.165) is 24.0 Å². The van der Waals surface area contributed by atoms with Crippen LogP contribution in [0.4, 0.5) is 19.1 Å². The van der Waals surface area contributed by atoms with E-state index < -0.39 is 6.36 Å². The molecular weight excluding hydrogens is 521 g/mol. The molecule has 0 aliphatic heterocycles. The van der Waals surface area contributed by atoms with Crippen molar-refractivity contribution in [1.82, 2.24) is 25.5 Å².